The molecule has 0 bridgehead atoms. The maximum atomic E-state index is 12.5. The Bertz CT molecular complexity index is 645. The molecule has 0 heterocycles. The van der Waals surface area contributed by atoms with Crippen molar-refractivity contribution in [1.82, 2.24) is 4.90 Å². The van der Waals surface area contributed by atoms with E-state index in [9.17, 15) is 9.90 Å². The number of amides is 1. The lowest BCUT2D eigenvalue weighted by molar-refractivity contribution is 0.0724. The minimum absolute atomic E-state index is 0.0726. The van der Waals surface area contributed by atoms with Crippen molar-refractivity contribution in [2.24, 2.45) is 0 Å². The van der Waals surface area contributed by atoms with Crippen LogP contribution in [0.15, 0.2) is 54.6 Å². The van der Waals surface area contributed by atoms with Gasteiger partial charge in [-0.15, -0.1) is 0 Å². The second-order valence-electron chi connectivity index (χ2n) is 4.94. The molecule has 22 heavy (non-hydrogen) atoms. The highest BCUT2D eigenvalue weighted by Crippen LogP contribution is 2.09. The number of nitriles is 1. The van der Waals surface area contributed by atoms with E-state index in [4.69, 9.17) is 5.26 Å². The standard InChI is InChI=1S/C18H18N2O2/c19-14-16-6-8-17(9-7-16)18(22)20(12-13-21)11-10-15-4-2-1-3-5-15/h1-9,21H,10-13H2. The van der Waals surface area contributed by atoms with E-state index in [0.29, 0.717) is 24.2 Å². The van der Waals surface area contributed by atoms with Crippen molar-refractivity contribution in [3.63, 3.8) is 0 Å². The van der Waals surface area contributed by atoms with Gasteiger partial charge in [0.2, 0.25) is 0 Å². The molecule has 4 nitrogen and oxygen atoms in total. The topological polar surface area (TPSA) is 64.3 Å². The minimum atomic E-state index is -0.130. The number of aliphatic hydroxyl groups excluding tert-OH is 1. The van der Waals surface area contributed by atoms with E-state index in [1.165, 1.54) is 0 Å². The number of hydrogen-bond acceptors (Lipinski definition) is 3. The SMILES string of the molecule is N#Cc1ccc(C(=O)N(CCO)CCc2ccccc2)cc1. The second kappa shape index (κ2) is 7.96. The molecule has 0 saturated carbocycles. The van der Waals surface area contributed by atoms with Crippen molar-refractivity contribution in [3.8, 4) is 6.07 Å². The Hall–Kier alpha value is -2.64. The van der Waals surface area contributed by atoms with Gasteiger partial charge in [-0.05, 0) is 36.2 Å². The van der Waals surface area contributed by atoms with Gasteiger partial charge in [-0.25, -0.2) is 0 Å². The fourth-order valence-electron chi connectivity index (χ4n) is 2.21. The Balaban J connectivity index is 2.05. The zero-order chi connectivity index (χ0) is 15.8. The van der Waals surface area contributed by atoms with Crippen LogP contribution in [0.25, 0.3) is 0 Å². The molecule has 1 N–H and O–H groups in total. The van der Waals surface area contributed by atoms with Crippen molar-refractivity contribution in [1.29, 1.82) is 5.26 Å². The monoisotopic (exact) mass is 294 g/mol. The van der Waals surface area contributed by atoms with E-state index in [1.807, 2.05) is 36.4 Å². The van der Waals surface area contributed by atoms with E-state index in [2.05, 4.69) is 0 Å². The number of benzene rings is 2. The van der Waals surface area contributed by atoms with E-state index in [-0.39, 0.29) is 12.5 Å². The summed E-state index contributed by atoms with van der Waals surface area (Å²) in [6, 6.07) is 18.5. The summed E-state index contributed by atoms with van der Waals surface area (Å²) in [4.78, 5) is 14.1. The summed E-state index contributed by atoms with van der Waals surface area (Å²) in [6.45, 7) is 0.770. The van der Waals surface area contributed by atoms with Crippen molar-refractivity contribution < 1.29 is 9.90 Å². The molecule has 0 aliphatic heterocycles. The number of aliphatic hydroxyl groups is 1. The summed E-state index contributed by atoms with van der Waals surface area (Å²) in [5.74, 6) is -0.130. The molecule has 0 radical (unpaired) electrons. The molecular weight excluding hydrogens is 276 g/mol. The van der Waals surface area contributed by atoms with Crippen LogP contribution in [-0.2, 0) is 6.42 Å². The molecular formula is C18H18N2O2. The van der Waals surface area contributed by atoms with Crippen LogP contribution in [0.4, 0.5) is 0 Å². The third kappa shape index (κ3) is 4.18. The molecule has 4 heteroatoms. The van der Waals surface area contributed by atoms with Gasteiger partial charge in [0.25, 0.3) is 5.91 Å². The summed E-state index contributed by atoms with van der Waals surface area (Å²) >= 11 is 0. The minimum Gasteiger partial charge on any atom is -0.395 e. The molecule has 0 saturated heterocycles. The van der Waals surface area contributed by atoms with E-state index < -0.39 is 0 Å². The summed E-state index contributed by atoms with van der Waals surface area (Å²) in [6.07, 6.45) is 0.739. The van der Waals surface area contributed by atoms with Gasteiger partial charge in [0.15, 0.2) is 0 Å². The van der Waals surface area contributed by atoms with Crippen LogP contribution in [0, 0.1) is 11.3 Å². The van der Waals surface area contributed by atoms with E-state index >= 15 is 0 Å². The average Bonchev–Trinajstić information content (AvgIpc) is 2.59. The maximum Gasteiger partial charge on any atom is 0.253 e. The van der Waals surface area contributed by atoms with Crippen molar-refractivity contribution in [3.05, 3.63) is 71.3 Å². The Kier molecular flexibility index (Phi) is 5.70. The normalized spacial score (nSPS) is 10.0. The summed E-state index contributed by atoms with van der Waals surface area (Å²) in [7, 11) is 0. The Labute approximate surface area is 130 Å². The lowest BCUT2D eigenvalue weighted by atomic mass is 10.1. The molecule has 1 amide bonds. The third-order valence-electron chi connectivity index (χ3n) is 3.43. The molecule has 0 aliphatic carbocycles. The molecule has 2 rings (SSSR count). The lowest BCUT2D eigenvalue weighted by Crippen LogP contribution is -2.35. The van der Waals surface area contributed by atoms with Crippen LogP contribution in [0.5, 0.6) is 0 Å². The average molecular weight is 294 g/mol. The smallest absolute Gasteiger partial charge is 0.253 e. The predicted octanol–water partition coefficient (Wildman–Crippen LogP) is 2.24. The summed E-state index contributed by atoms with van der Waals surface area (Å²) in [5.41, 5.74) is 2.20. The molecule has 0 unspecified atom stereocenters. The molecule has 0 spiro atoms. The van der Waals surface area contributed by atoms with Gasteiger partial charge >= 0.3 is 0 Å². The van der Waals surface area contributed by atoms with Crippen molar-refractivity contribution in [2.45, 2.75) is 6.42 Å². The van der Waals surface area contributed by atoms with Crippen LogP contribution in [0.2, 0.25) is 0 Å². The van der Waals surface area contributed by atoms with Crippen LogP contribution in [0.3, 0.4) is 0 Å². The predicted molar refractivity (Wildman–Crippen MR) is 84.3 cm³/mol. The van der Waals surface area contributed by atoms with Gasteiger partial charge in [0.1, 0.15) is 0 Å². The van der Waals surface area contributed by atoms with Gasteiger partial charge in [-0.3, -0.25) is 4.79 Å². The van der Waals surface area contributed by atoms with E-state index in [0.717, 1.165) is 12.0 Å². The molecule has 2 aromatic rings. The largest absolute Gasteiger partial charge is 0.395 e. The highest BCUT2D eigenvalue weighted by molar-refractivity contribution is 5.94. The third-order valence-corrected chi connectivity index (χ3v) is 3.43. The van der Waals surface area contributed by atoms with Gasteiger partial charge in [0, 0.05) is 18.7 Å². The number of rotatable bonds is 6. The van der Waals surface area contributed by atoms with Crippen LogP contribution >= 0.6 is 0 Å². The quantitative estimate of drug-likeness (QED) is 0.888. The summed E-state index contributed by atoms with van der Waals surface area (Å²) < 4.78 is 0. The Morgan fingerprint density at radius 2 is 1.73 bits per heavy atom. The first kappa shape index (κ1) is 15.7. The van der Waals surface area contributed by atoms with Gasteiger partial charge in [-0.1, -0.05) is 30.3 Å². The zero-order valence-corrected chi connectivity index (χ0v) is 12.3. The zero-order valence-electron chi connectivity index (χ0n) is 12.3. The number of hydrogen-bond donors (Lipinski definition) is 1. The first-order valence-electron chi connectivity index (χ1n) is 7.19. The lowest BCUT2D eigenvalue weighted by Gasteiger charge is -2.22. The molecule has 0 aromatic heterocycles. The molecule has 0 fully saturated rings. The van der Waals surface area contributed by atoms with Crippen LogP contribution < -0.4 is 0 Å². The number of carbonyl (C=O) groups is 1. The highest BCUT2D eigenvalue weighted by Gasteiger charge is 2.15. The molecule has 0 aliphatic rings. The second-order valence-corrected chi connectivity index (χ2v) is 4.94. The molecule has 0 atom stereocenters. The van der Waals surface area contributed by atoms with Gasteiger partial charge < -0.3 is 10.0 Å². The molecule has 2 aromatic carbocycles. The first-order valence-corrected chi connectivity index (χ1v) is 7.19. The first-order chi connectivity index (χ1) is 10.7. The fraction of sp³-hybridized carbons (Fsp3) is 0.222. The molecule has 112 valence electrons. The van der Waals surface area contributed by atoms with Gasteiger partial charge in [0.05, 0.1) is 18.2 Å². The fourth-order valence-corrected chi connectivity index (χ4v) is 2.21. The van der Waals surface area contributed by atoms with Crippen LogP contribution in [0.1, 0.15) is 21.5 Å². The van der Waals surface area contributed by atoms with Crippen molar-refractivity contribution in [2.75, 3.05) is 19.7 Å². The Morgan fingerprint density at radius 3 is 2.32 bits per heavy atom. The summed E-state index contributed by atoms with van der Waals surface area (Å²) in [5, 5.41) is 18.0. The van der Waals surface area contributed by atoms with Crippen molar-refractivity contribution >= 4 is 5.91 Å². The van der Waals surface area contributed by atoms with Crippen LogP contribution in [-0.4, -0.2) is 35.6 Å². The van der Waals surface area contributed by atoms with Gasteiger partial charge in [-0.2, -0.15) is 5.26 Å². The van der Waals surface area contributed by atoms with E-state index in [1.54, 1.807) is 29.2 Å². The Morgan fingerprint density at radius 1 is 1.05 bits per heavy atom. The number of carbonyl (C=O) groups excluding carboxylic acids is 1. The highest BCUT2D eigenvalue weighted by atomic mass is 16.3. The number of nitrogens with zero attached hydrogens (tertiary/aromatic N) is 2. The maximum absolute atomic E-state index is 12.5.